The van der Waals surface area contributed by atoms with E-state index < -0.39 is 4.92 Å². The number of nitrogens with zero attached hydrogens (tertiary/aromatic N) is 2. The van der Waals surface area contributed by atoms with Crippen molar-refractivity contribution in [1.82, 2.24) is 4.98 Å². The summed E-state index contributed by atoms with van der Waals surface area (Å²) in [5.74, 6) is 0. The molecule has 0 aliphatic rings. The predicted molar refractivity (Wildman–Crippen MR) is 70.1 cm³/mol. The Morgan fingerprint density at radius 2 is 2.24 bits per heavy atom. The minimum Gasteiger partial charge on any atom is -0.396 e. The summed E-state index contributed by atoms with van der Waals surface area (Å²) < 4.78 is -0.0527. The van der Waals surface area contributed by atoms with E-state index in [0.717, 1.165) is 5.03 Å². The first-order chi connectivity index (χ1) is 7.94. The Kier molecular flexibility index (Phi) is 5.23. The van der Waals surface area contributed by atoms with Gasteiger partial charge >= 0.3 is 0 Å². The zero-order valence-corrected chi connectivity index (χ0v) is 11.3. The number of hydrogen-bond donors (Lipinski definition) is 1. The molecule has 94 valence electrons. The van der Waals surface area contributed by atoms with Crippen LogP contribution in [-0.4, -0.2) is 26.4 Å². The largest absolute Gasteiger partial charge is 0.396 e. The molecule has 0 spiro atoms. The maximum absolute atomic E-state index is 10.4. The number of aliphatic hydroxyl groups is 1. The molecule has 0 aliphatic heterocycles. The molecule has 5 nitrogen and oxygen atoms in total. The first-order valence-electron chi connectivity index (χ1n) is 5.01. The van der Waals surface area contributed by atoms with E-state index in [2.05, 4.69) is 4.98 Å². The standard InChI is InChI=1S/C10H14N2O3S2/c1-10(2,5-6-13)17-16-9-4-3-8(7-11-9)12(14)15/h3-4,7,13H,5-6H2,1-2H3. The van der Waals surface area contributed by atoms with E-state index in [1.54, 1.807) is 16.9 Å². The van der Waals surface area contributed by atoms with Gasteiger partial charge in [0.1, 0.15) is 11.2 Å². The fourth-order valence-electron chi connectivity index (χ4n) is 0.996. The van der Waals surface area contributed by atoms with Gasteiger partial charge in [-0.1, -0.05) is 10.8 Å². The Morgan fingerprint density at radius 1 is 1.53 bits per heavy atom. The van der Waals surface area contributed by atoms with E-state index in [4.69, 9.17) is 5.11 Å². The monoisotopic (exact) mass is 274 g/mol. The Labute approximate surface area is 108 Å². The second-order valence-corrected chi connectivity index (χ2v) is 6.87. The van der Waals surface area contributed by atoms with Crippen LogP contribution in [0.5, 0.6) is 0 Å². The molecule has 0 bridgehead atoms. The molecule has 1 rings (SSSR count). The van der Waals surface area contributed by atoms with Crippen molar-refractivity contribution in [3.8, 4) is 0 Å². The number of pyridine rings is 1. The van der Waals surface area contributed by atoms with Crippen molar-refractivity contribution in [2.45, 2.75) is 30.0 Å². The number of rotatable bonds is 6. The third-order valence-corrected chi connectivity index (χ3v) is 5.26. The van der Waals surface area contributed by atoms with Crippen LogP contribution in [0.25, 0.3) is 0 Å². The molecule has 17 heavy (non-hydrogen) atoms. The predicted octanol–water partition coefficient (Wildman–Crippen LogP) is 2.89. The molecular formula is C10H14N2O3S2. The van der Waals surface area contributed by atoms with Gasteiger partial charge in [-0.15, -0.1) is 0 Å². The average Bonchev–Trinajstić information content (AvgIpc) is 2.27. The molecule has 1 aromatic heterocycles. The minimum absolute atomic E-state index is 0.00558. The summed E-state index contributed by atoms with van der Waals surface area (Å²) in [6, 6.07) is 3.07. The molecular weight excluding hydrogens is 260 g/mol. The Hall–Kier alpha value is -0.790. The van der Waals surface area contributed by atoms with Crippen molar-refractivity contribution >= 4 is 27.3 Å². The van der Waals surface area contributed by atoms with E-state index in [-0.39, 0.29) is 17.0 Å². The van der Waals surface area contributed by atoms with Crippen molar-refractivity contribution in [1.29, 1.82) is 0 Å². The van der Waals surface area contributed by atoms with Crippen LogP contribution in [-0.2, 0) is 0 Å². The molecule has 0 unspecified atom stereocenters. The van der Waals surface area contributed by atoms with Gasteiger partial charge in [0.25, 0.3) is 5.69 Å². The Bertz CT molecular complexity index is 382. The van der Waals surface area contributed by atoms with Gasteiger partial charge in [-0.2, -0.15) is 0 Å². The van der Waals surface area contributed by atoms with Gasteiger partial charge in [0.05, 0.1) is 4.92 Å². The molecule has 0 fully saturated rings. The van der Waals surface area contributed by atoms with Crippen LogP contribution in [0.2, 0.25) is 0 Å². The number of aromatic nitrogens is 1. The van der Waals surface area contributed by atoms with E-state index in [9.17, 15) is 10.1 Å². The van der Waals surface area contributed by atoms with Crippen LogP contribution in [0, 0.1) is 10.1 Å². The zero-order valence-electron chi connectivity index (χ0n) is 9.62. The molecule has 7 heteroatoms. The lowest BCUT2D eigenvalue weighted by atomic mass is 10.1. The molecule has 0 amide bonds. The maximum atomic E-state index is 10.4. The lowest BCUT2D eigenvalue weighted by Crippen LogP contribution is -2.14. The van der Waals surface area contributed by atoms with Crippen molar-refractivity contribution < 1.29 is 10.0 Å². The highest BCUT2D eigenvalue weighted by Gasteiger charge is 2.19. The van der Waals surface area contributed by atoms with Gasteiger partial charge in [0, 0.05) is 17.4 Å². The van der Waals surface area contributed by atoms with Gasteiger partial charge in [-0.3, -0.25) is 10.1 Å². The van der Waals surface area contributed by atoms with Crippen LogP contribution in [0.4, 0.5) is 5.69 Å². The lowest BCUT2D eigenvalue weighted by Gasteiger charge is -2.21. The quantitative estimate of drug-likeness (QED) is 0.488. The molecule has 0 saturated heterocycles. The van der Waals surface area contributed by atoms with E-state index in [0.29, 0.717) is 6.42 Å². The highest BCUT2D eigenvalue weighted by molar-refractivity contribution is 8.77. The summed E-state index contributed by atoms with van der Waals surface area (Å²) in [5, 5.41) is 20.1. The van der Waals surface area contributed by atoms with Crippen molar-refractivity contribution in [2.75, 3.05) is 6.61 Å². The second-order valence-electron chi connectivity index (χ2n) is 4.01. The van der Waals surface area contributed by atoms with Crippen LogP contribution in [0.15, 0.2) is 23.4 Å². The fourth-order valence-corrected chi connectivity index (χ4v) is 3.18. The van der Waals surface area contributed by atoms with Gasteiger partial charge in [0.15, 0.2) is 0 Å². The Balaban J connectivity index is 2.55. The molecule has 1 aromatic rings. The van der Waals surface area contributed by atoms with Crippen LogP contribution < -0.4 is 0 Å². The van der Waals surface area contributed by atoms with Gasteiger partial charge in [0.2, 0.25) is 0 Å². The zero-order chi connectivity index (χ0) is 12.9. The number of aliphatic hydroxyl groups excluding tert-OH is 1. The minimum atomic E-state index is -0.468. The third-order valence-electron chi connectivity index (χ3n) is 2.00. The molecule has 1 heterocycles. The molecule has 0 atom stereocenters. The lowest BCUT2D eigenvalue weighted by molar-refractivity contribution is -0.385. The van der Waals surface area contributed by atoms with E-state index in [1.165, 1.54) is 23.1 Å². The van der Waals surface area contributed by atoms with Crippen molar-refractivity contribution in [2.24, 2.45) is 0 Å². The first kappa shape index (κ1) is 14.3. The summed E-state index contributed by atoms with van der Waals surface area (Å²) in [4.78, 5) is 14.0. The van der Waals surface area contributed by atoms with Crippen LogP contribution in [0.3, 0.4) is 0 Å². The normalized spacial score (nSPS) is 11.5. The van der Waals surface area contributed by atoms with Crippen LogP contribution in [0.1, 0.15) is 20.3 Å². The first-order valence-corrected chi connectivity index (χ1v) is 7.16. The van der Waals surface area contributed by atoms with Crippen molar-refractivity contribution in [3.63, 3.8) is 0 Å². The van der Waals surface area contributed by atoms with Gasteiger partial charge < -0.3 is 5.11 Å². The summed E-state index contributed by atoms with van der Waals surface area (Å²) >= 11 is 0. The highest BCUT2D eigenvalue weighted by atomic mass is 33.1. The molecule has 0 radical (unpaired) electrons. The summed E-state index contributed by atoms with van der Waals surface area (Å²) in [6.07, 6.45) is 1.94. The average molecular weight is 274 g/mol. The summed E-state index contributed by atoms with van der Waals surface area (Å²) in [5.41, 5.74) is -0.00558. The third kappa shape index (κ3) is 4.93. The molecule has 0 aromatic carbocycles. The molecule has 1 N–H and O–H groups in total. The smallest absolute Gasteiger partial charge is 0.287 e. The molecule has 0 aliphatic carbocycles. The summed E-state index contributed by atoms with van der Waals surface area (Å²) in [7, 11) is 3.05. The van der Waals surface area contributed by atoms with Gasteiger partial charge in [-0.25, -0.2) is 4.98 Å². The highest BCUT2D eigenvalue weighted by Crippen LogP contribution is 2.41. The maximum Gasteiger partial charge on any atom is 0.287 e. The number of nitro groups is 1. The number of hydrogen-bond acceptors (Lipinski definition) is 6. The van der Waals surface area contributed by atoms with Crippen molar-refractivity contribution in [3.05, 3.63) is 28.4 Å². The SMILES string of the molecule is CC(C)(CCO)SSc1ccc([N+](=O)[O-])cn1. The fraction of sp³-hybridized carbons (Fsp3) is 0.500. The van der Waals surface area contributed by atoms with E-state index >= 15 is 0 Å². The molecule has 0 saturated carbocycles. The Morgan fingerprint density at radius 3 is 2.71 bits per heavy atom. The second kappa shape index (κ2) is 6.23. The topological polar surface area (TPSA) is 76.3 Å². The van der Waals surface area contributed by atoms with Crippen LogP contribution >= 0.6 is 21.6 Å². The van der Waals surface area contributed by atoms with Gasteiger partial charge in [-0.05, 0) is 37.1 Å². The summed E-state index contributed by atoms with van der Waals surface area (Å²) in [6.45, 7) is 4.22. The van der Waals surface area contributed by atoms with E-state index in [1.807, 2.05) is 13.8 Å².